The predicted octanol–water partition coefficient (Wildman–Crippen LogP) is 6.80. The standard InChI is InChI=1S/C23H24N4S/c1-4-6-13-27(14-7-5-2)23-22(26-3)21(19-11-9-8-10-12-19)20(28-23)15-18(16-24)17-25/h8-12,15H,4-7,13-14H2,1-2H3. The van der Waals surface area contributed by atoms with Crippen molar-refractivity contribution in [3.8, 4) is 23.3 Å². The summed E-state index contributed by atoms with van der Waals surface area (Å²) in [6, 6.07) is 13.6. The Morgan fingerprint density at radius 3 is 2.21 bits per heavy atom. The SMILES string of the molecule is [C-]#[N+]c1c(N(CCCC)CCCC)sc(C=C(C#N)C#N)c1-c1ccccc1. The molecule has 1 aromatic heterocycles. The van der Waals surface area contributed by atoms with Gasteiger partial charge in [0.1, 0.15) is 17.7 Å². The van der Waals surface area contributed by atoms with Crippen molar-refractivity contribution in [2.45, 2.75) is 39.5 Å². The highest BCUT2D eigenvalue weighted by molar-refractivity contribution is 7.18. The van der Waals surface area contributed by atoms with Gasteiger partial charge < -0.3 is 4.90 Å². The highest BCUT2D eigenvalue weighted by Crippen LogP contribution is 2.49. The van der Waals surface area contributed by atoms with Crippen LogP contribution in [0.3, 0.4) is 0 Å². The molecule has 2 aromatic rings. The Hall–Kier alpha value is -3.07. The number of hydrogen-bond donors (Lipinski definition) is 0. The second-order valence-electron chi connectivity index (χ2n) is 6.45. The quantitative estimate of drug-likeness (QED) is 0.350. The van der Waals surface area contributed by atoms with Crippen LogP contribution >= 0.6 is 11.3 Å². The van der Waals surface area contributed by atoms with Gasteiger partial charge in [-0.2, -0.15) is 10.5 Å². The lowest BCUT2D eigenvalue weighted by atomic mass is 10.0. The van der Waals surface area contributed by atoms with Crippen LogP contribution in [0.2, 0.25) is 0 Å². The van der Waals surface area contributed by atoms with Gasteiger partial charge >= 0.3 is 0 Å². The Kier molecular flexibility index (Phi) is 8.29. The first-order valence-electron chi connectivity index (χ1n) is 9.56. The molecule has 1 aromatic carbocycles. The van der Waals surface area contributed by atoms with Crippen molar-refractivity contribution in [1.82, 2.24) is 0 Å². The summed E-state index contributed by atoms with van der Waals surface area (Å²) in [5.41, 5.74) is 2.42. The van der Waals surface area contributed by atoms with Gasteiger partial charge in [0.2, 0.25) is 5.69 Å². The third-order valence-electron chi connectivity index (χ3n) is 4.43. The predicted molar refractivity (Wildman–Crippen MR) is 117 cm³/mol. The van der Waals surface area contributed by atoms with Gasteiger partial charge in [-0.15, -0.1) is 11.3 Å². The van der Waals surface area contributed by atoms with E-state index >= 15 is 0 Å². The second kappa shape index (κ2) is 10.9. The third kappa shape index (κ3) is 5.01. The fraction of sp³-hybridized carbons (Fsp3) is 0.348. The summed E-state index contributed by atoms with van der Waals surface area (Å²) in [6.45, 7) is 14.0. The Morgan fingerprint density at radius 2 is 1.71 bits per heavy atom. The minimum absolute atomic E-state index is 0.0511. The zero-order chi connectivity index (χ0) is 20.4. The summed E-state index contributed by atoms with van der Waals surface area (Å²) >= 11 is 1.51. The van der Waals surface area contributed by atoms with Gasteiger partial charge in [0.05, 0.1) is 11.6 Å². The van der Waals surface area contributed by atoms with Crippen molar-refractivity contribution >= 4 is 28.1 Å². The Bertz CT molecular complexity index is 912. The molecule has 0 saturated carbocycles. The molecule has 0 amide bonds. The molecule has 0 aliphatic carbocycles. The molecule has 0 fully saturated rings. The van der Waals surface area contributed by atoms with Crippen LogP contribution in [0.1, 0.15) is 44.4 Å². The van der Waals surface area contributed by atoms with Crippen LogP contribution in [0.5, 0.6) is 0 Å². The molecule has 0 aliphatic heterocycles. The highest BCUT2D eigenvalue weighted by Gasteiger charge is 2.23. The fourth-order valence-corrected chi connectivity index (χ4v) is 4.22. The van der Waals surface area contributed by atoms with Crippen molar-refractivity contribution in [2.75, 3.05) is 18.0 Å². The molecule has 5 heteroatoms. The monoisotopic (exact) mass is 388 g/mol. The first-order chi connectivity index (χ1) is 13.7. The molecule has 0 atom stereocenters. The molecular weight excluding hydrogens is 364 g/mol. The normalized spacial score (nSPS) is 9.82. The van der Waals surface area contributed by atoms with Crippen LogP contribution in [-0.2, 0) is 0 Å². The molecule has 0 bridgehead atoms. The lowest BCUT2D eigenvalue weighted by Gasteiger charge is -2.23. The van der Waals surface area contributed by atoms with E-state index in [1.807, 2.05) is 42.5 Å². The van der Waals surface area contributed by atoms with E-state index in [-0.39, 0.29) is 5.57 Å². The van der Waals surface area contributed by atoms with E-state index in [9.17, 15) is 10.5 Å². The largest absolute Gasteiger partial charge is 0.372 e. The van der Waals surface area contributed by atoms with Crippen molar-refractivity contribution < 1.29 is 0 Å². The fourth-order valence-electron chi connectivity index (χ4n) is 2.96. The first kappa shape index (κ1) is 21.2. The van der Waals surface area contributed by atoms with E-state index in [1.54, 1.807) is 6.08 Å². The molecule has 2 rings (SSSR count). The molecular formula is C23H24N4S. The zero-order valence-corrected chi connectivity index (χ0v) is 17.2. The van der Waals surface area contributed by atoms with Crippen LogP contribution in [0.25, 0.3) is 22.0 Å². The number of rotatable bonds is 9. The number of hydrogen-bond acceptors (Lipinski definition) is 4. The van der Waals surface area contributed by atoms with Crippen LogP contribution in [0, 0.1) is 29.2 Å². The van der Waals surface area contributed by atoms with E-state index in [1.165, 1.54) is 11.3 Å². The number of unbranched alkanes of at least 4 members (excludes halogenated alkanes) is 2. The number of nitriles is 2. The van der Waals surface area contributed by atoms with E-state index < -0.39 is 0 Å². The van der Waals surface area contributed by atoms with Crippen molar-refractivity contribution in [2.24, 2.45) is 0 Å². The van der Waals surface area contributed by atoms with E-state index in [0.717, 1.165) is 59.8 Å². The van der Waals surface area contributed by atoms with Gasteiger partial charge in [-0.25, -0.2) is 4.85 Å². The van der Waals surface area contributed by atoms with Crippen LogP contribution in [-0.4, -0.2) is 13.1 Å². The van der Waals surface area contributed by atoms with Gasteiger partial charge in [-0.3, -0.25) is 0 Å². The summed E-state index contributed by atoms with van der Waals surface area (Å²) in [6.07, 6.45) is 5.92. The van der Waals surface area contributed by atoms with Gasteiger partial charge in [0, 0.05) is 23.5 Å². The molecule has 142 valence electrons. The maximum Gasteiger partial charge on any atom is 0.228 e. The Morgan fingerprint density at radius 1 is 1.11 bits per heavy atom. The number of allylic oxidation sites excluding steroid dienone is 1. The molecule has 0 unspecified atom stereocenters. The maximum absolute atomic E-state index is 9.22. The Balaban J connectivity index is 2.69. The number of anilines is 1. The molecule has 0 aliphatic rings. The Labute approximate surface area is 171 Å². The van der Waals surface area contributed by atoms with Crippen LogP contribution in [0.15, 0.2) is 35.9 Å². The minimum Gasteiger partial charge on any atom is -0.372 e. The maximum atomic E-state index is 9.22. The second-order valence-corrected chi connectivity index (χ2v) is 7.48. The summed E-state index contributed by atoms with van der Waals surface area (Å²) in [4.78, 5) is 6.98. The van der Waals surface area contributed by atoms with Gasteiger partial charge in [0.25, 0.3) is 0 Å². The first-order valence-corrected chi connectivity index (χ1v) is 10.4. The topological polar surface area (TPSA) is 55.2 Å². The molecule has 0 saturated heterocycles. The number of nitrogens with zero attached hydrogens (tertiary/aromatic N) is 4. The summed E-state index contributed by atoms with van der Waals surface area (Å²) in [7, 11) is 0. The highest BCUT2D eigenvalue weighted by atomic mass is 32.1. The third-order valence-corrected chi connectivity index (χ3v) is 5.62. The molecule has 0 spiro atoms. The smallest absolute Gasteiger partial charge is 0.228 e. The number of benzene rings is 1. The molecule has 0 radical (unpaired) electrons. The molecule has 4 nitrogen and oxygen atoms in total. The van der Waals surface area contributed by atoms with Gasteiger partial charge in [-0.05, 0) is 24.5 Å². The lowest BCUT2D eigenvalue weighted by Crippen LogP contribution is -2.24. The molecule has 28 heavy (non-hydrogen) atoms. The van der Waals surface area contributed by atoms with Crippen molar-refractivity contribution in [3.63, 3.8) is 0 Å². The van der Waals surface area contributed by atoms with Crippen molar-refractivity contribution in [1.29, 1.82) is 10.5 Å². The zero-order valence-electron chi connectivity index (χ0n) is 16.4. The summed E-state index contributed by atoms with van der Waals surface area (Å²) in [5, 5.41) is 19.4. The van der Waals surface area contributed by atoms with Gasteiger partial charge in [-0.1, -0.05) is 57.0 Å². The van der Waals surface area contributed by atoms with E-state index in [2.05, 4.69) is 23.6 Å². The molecule has 0 N–H and O–H groups in total. The minimum atomic E-state index is 0.0511. The summed E-state index contributed by atoms with van der Waals surface area (Å²) in [5.74, 6) is 0. The average Bonchev–Trinajstić information content (AvgIpc) is 3.10. The van der Waals surface area contributed by atoms with Crippen molar-refractivity contribution in [3.05, 3.63) is 52.2 Å². The van der Waals surface area contributed by atoms with E-state index in [4.69, 9.17) is 6.57 Å². The molecule has 1 heterocycles. The number of thiophene rings is 1. The summed E-state index contributed by atoms with van der Waals surface area (Å²) < 4.78 is 0. The van der Waals surface area contributed by atoms with Crippen LogP contribution < -0.4 is 4.90 Å². The lowest BCUT2D eigenvalue weighted by molar-refractivity contribution is 0.682. The average molecular weight is 389 g/mol. The van der Waals surface area contributed by atoms with E-state index in [0.29, 0.717) is 5.69 Å². The van der Waals surface area contributed by atoms with Gasteiger partial charge in [0.15, 0.2) is 0 Å². The van der Waals surface area contributed by atoms with Crippen LogP contribution in [0.4, 0.5) is 10.7 Å².